The number of nitrogens with two attached hydrogens (primary N) is 1. The molecule has 0 aliphatic rings. The Hall–Kier alpha value is -3.35. The van der Waals surface area contributed by atoms with Gasteiger partial charge in [-0.1, -0.05) is 30.3 Å². The van der Waals surface area contributed by atoms with E-state index >= 15 is 0 Å². The lowest BCUT2D eigenvalue weighted by Gasteiger charge is -2.24. The van der Waals surface area contributed by atoms with E-state index in [1.807, 2.05) is 30.3 Å². The molecule has 0 saturated heterocycles. The predicted molar refractivity (Wildman–Crippen MR) is 106 cm³/mol. The molecule has 7 nitrogen and oxygen atoms in total. The Morgan fingerprint density at radius 3 is 2.57 bits per heavy atom. The number of ether oxygens (including phenoxy) is 1. The van der Waals surface area contributed by atoms with Crippen molar-refractivity contribution >= 4 is 29.0 Å². The SMILES string of the molecule is CC(C)(C)OC(=O)[C@H](Cc1ccccc1)NC(=O)c1ccc2oc(N)nc2c1. The lowest BCUT2D eigenvalue weighted by molar-refractivity contribution is -0.157. The summed E-state index contributed by atoms with van der Waals surface area (Å²) >= 11 is 0. The van der Waals surface area contributed by atoms with Gasteiger partial charge in [0.25, 0.3) is 11.9 Å². The molecule has 0 unspecified atom stereocenters. The van der Waals surface area contributed by atoms with E-state index < -0.39 is 23.5 Å². The minimum absolute atomic E-state index is 0.0308. The van der Waals surface area contributed by atoms with Gasteiger partial charge in [0.1, 0.15) is 17.2 Å². The number of carbonyl (C=O) groups is 2. The Morgan fingerprint density at radius 2 is 1.89 bits per heavy atom. The normalized spacial score (nSPS) is 12.5. The van der Waals surface area contributed by atoms with Crippen LogP contribution in [0.1, 0.15) is 36.7 Å². The molecule has 2 aromatic carbocycles. The van der Waals surface area contributed by atoms with Crippen LogP contribution in [0.5, 0.6) is 0 Å². The molecule has 0 aliphatic heterocycles. The van der Waals surface area contributed by atoms with Crippen LogP contribution in [0.4, 0.5) is 6.01 Å². The van der Waals surface area contributed by atoms with Gasteiger partial charge in [0.2, 0.25) is 0 Å². The average molecular weight is 381 g/mol. The fourth-order valence-corrected chi connectivity index (χ4v) is 2.74. The second-order valence-corrected chi connectivity index (χ2v) is 7.48. The number of nitrogen functional groups attached to an aromatic ring is 1. The van der Waals surface area contributed by atoms with Crippen LogP contribution < -0.4 is 11.1 Å². The summed E-state index contributed by atoms with van der Waals surface area (Å²) < 4.78 is 10.7. The molecule has 0 spiro atoms. The molecule has 146 valence electrons. The highest BCUT2D eigenvalue weighted by molar-refractivity contribution is 5.99. The van der Waals surface area contributed by atoms with E-state index in [4.69, 9.17) is 14.9 Å². The maximum absolute atomic E-state index is 12.8. The first-order valence-electron chi connectivity index (χ1n) is 8.95. The summed E-state index contributed by atoms with van der Waals surface area (Å²) in [5.41, 5.74) is 7.11. The van der Waals surface area contributed by atoms with Crippen LogP contribution in [-0.4, -0.2) is 28.5 Å². The summed E-state index contributed by atoms with van der Waals surface area (Å²) in [4.78, 5) is 29.4. The van der Waals surface area contributed by atoms with E-state index in [2.05, 4.69) is 10.3 Å². The smallest absolute Gasteiger partial charge is 0.329 e. The molecule has 1 aromatic heterocycles. The maximum atomic E-state index is 12.8. The van der Waals surface area contributed by atoms with Crippen LogP contribution in [0.15, 0.2) is 52.9 Å². The second kappa shape index (κ2) is 7.72. The van der Waals surface area contributed by atoms with Crippen molar-refractivity contribution in [3.05, 3.63) is 59.7 Å². The number of nitrogens with one attached hydrogen (secondary N) is 1. The number of oxazole rings is 1. The first kappa shape index (κ1) is 19.4. The zero-order valence-electron chi connectivity index (χ0n) is 16.1. The number of amides is 1. The van der Waals surface area contributed by atoms with Gasteiger partial charge >= 0.3 is 5.97 Å². The Labute approximate surface area is 162 Å². The molecular weight excluding hydrogens is 358 g/mol. The monoisotopic (exact) mass is 381 g/mol. The van der Waals surface area contributed by atoms with E-state index in [0.717, 1.165) is 5.56 Å². The highest BCUT2D eigenvalue weighted by Crippen LogP contribution is 2.19. The summed E-state index contributed by atoms with van der Waals surface area (Å²) in [5, 5.41) is 2.77. The zero-order valence-corrected chi connectivity index (χ0v) is 16.1. The van der Waals surface area contributed by atoms with Crippen LogP contribution in [-0.2, 0) is 16.0 Å². The summed E-state index contributed by atoms with van der Waals surface area (Å²) in [5.74, 6) is -0.897. The first-order chi connectivity index (χ1) is 13.2. The molecule has 3 rings (SSSR count). The summed E-state index contributed by atoms with van der Waals surface area (Å²) in [6, 6.07) is 13.4. The summed E-state index contributed by atoms with van der Waals surface area (Å²) in [6.07, 6.45) is 0.320. The molecule has 1 amide bonds. The molecule has 3 aromatic rings. The van der Waals surface area contributed by atoms with E-state index in [1.165, 1.54) is 0 Å². The predicted octanol–water partition coefficient (Wildman–Crippen LogP) is 3.09. The Bertz CT molecular complexity index is 990. The third-order valence-electron chi connectivity index (χ3n) is 3.95. The molecular formula is C21H23N3O4. The fraction of sp³-hybridized carbons (Fsp3) is 0.286. The topological polar surface area (TPSA) is 107 Å². The van der Waals surface area contributed by atoms with Gasteiger partial charge in [-0.05, 0) is 44.5 Å². The van der Waals surface area contributed by atoms with Crippen LogP contribution in [0.3, 0.4) is 0 Å². The van der Waals surface area contributed by atoms with Gasteiger partial charge in [-0.2, -0.15) is 4.98 Å². The number of nitrogens with zero attached hydrogens (tertiary/aromatic N) is 1. The third-order valence-corrected chi connectivity index (χ3v) is 3.95. The molecule has 0 radical (unpaired) electrons. The number of aromatic nitrogens is 1. The van der Waals surface area contributed by atoms with Gasteiger partial charge in [-0.15, -0.1) is 0 Å². The Kier molecular flexibility index (Phi) is 5.35. The lowest BCUT2D eigenvalue weighted by atomic mass is 10.0. The fourth-order valence-electron chi connectivity index (χ4n) is 2.74. The Morgan fingerprint density at radius 1 is 1.18 bits per heavy atom. The number of anilines is 1. The van der Waals surface area contributed by atoms with Gasteiger partial charge in [0.05, 0.1) is 0 Å². The van der Waals surface area contributed by atoms with Crippen molar-refractivity contribution in [3.8, 4) is 0 Å². The third kappa shape index (κ3) is 4.88. The lowest BCUT2D eigenvalue weighted by Crippen LogP contribution is -2.45. The highest BCUT2D eigenvalue weighted by atomic mass is 16.6. The van der Waals surface area contributed by atoms with E-state index in [9.17, 15) is 9.59 Å². The number of fused-ring (bicyclic) bond motifs is 1. The first-order valence-corrected chi connectivity index (χ1v) is 8.95. The van der Waals surface area contributed by atoms with Gasteiger partial charge < -0.3 is 20.2 Å². The van der Waals surface area contributed by atoms with Crippen LogP contribution in [0.2, 0.25) is 0 Å². The number of hydrogen-bond acceptors (Lipinski definition) is 6. The molecule has 0 bridgehead atoms. The molecule has 28 heavy (non-hydrogen) atoms. The van der Waals surface area contributed by atoms with Crippen molar-refractivity contribution in [2.24, 2.45) is 0 Å². The van der Waals surface area contributed by atoms with Gasteiger partial charge in [0.15, 0.2) is 5.58 Å². The van der Waals surface area contributed by atoms with Crippen molar-refractivity contribution < 1.29 is 18.7 Å². The molecule has 1 atom stereocenters. The molecule has 1 heterocycles. The second-order valence-electron chi connectivity index (χ2n) is 7.48. The van der Waals surface area contributed by atoms with E-state index in [-0.39, 0.29) is 6.01 Å². The van der Waals surface area contributed by atoms with Gasteiger partial charge in [0, 0.05) is 12.0 Å². The number of rotatable bonds is 5. The van der Waals surface area contributed by atoms with Gasteiger partial charge in [-0.25, -0.2) is 4.79 Å². The Balaban J connectivity index is 1.81. The number of esters is 1. The number of benzene rings is 2. The minimum Gasteiger partial charge on any atom is -0.458 e. The molecule has 0 saturated carbocycles. The zero-order chi connectivity index (χ0) is 20.3. The van der Waals surface area contributed by atoms with Crippen molar-refractivity contribution in [3.63, 3.8) is 0 Å². The number of carbonyl (C=O) groups excluding carboxylic acids is 2. The molecule has 0 aliphatic carbocycles. The maximum Gasteiger partial charge on any atom is 0.329 e. The highest BCUT2D eigenvalue weighted by Gasteiger charge is 2.27. The van der Waals surface area contributed by atoms with Gasteiger partial charge in [-0.3, -0.25) is 4.79 Å². The average Bonchev–Trinajstić information content (AvgIpc) is 2.99. The van der Waals surface area contributed by atoms with E-state index in [0.29, 0.717) is 23.1 Å². The van der Waals surface area contributed by atoms with Crippen molar-refractivity contribution in [2.45, 2.75) is 38.8 Å². The van der Waals surface area contributed by atoms with Crippen molar-refractivity contribution in [2.75, 3.05) is 5.73 Å². The van der Waals surface area contributed by atoms with E-state index in [1.54, 1.807) is 39.0 Å². The summed E-state index contributed by atoms with van der Waals surface area (Å²) in [7, 11) is 0. The molecule has 3 N–H and O–H groups in total. The van der Waals surface area contributed by atoms with Crippen molar-refractivity contribution in [1.29, 1.82) is 0 Å². The summed E-state index contributed by atoms with van der Waals surface area (Å²) in [6.45, 7) is 5.36. The van der Waals surface area contributed by atoms with Crippen LogP contribution in [0.25, 0.3) is 11.1 Å². The standard InChI is InChI=1S/C21H23N3O4/c1-21(2,3)28-19(26)16(11-13-7-5-4-6-8-13)23-18(25)14-9-10-17-15(12-14)24-20(22)27-17/h4-10,12,16H,11H2,1-3H3,(H2,22,24)(H,23,25)/t16-/m0/s1. The minimum atomic E-state index is -0.827. The van der Waals surface area contributed by atoms with Crippen LogP contribution in [0, 0.1) is 0 Å². The van der Waals surface area contributed by atoms with Crippen LogP contribution >= 0.6 is 0 Å². The van der Waals surface area contributed by atoms with Crippen molar-refractivity contribution in [1.82, 2.24) is 10.3 Å². The number of hydrogen-bond donors (Lipinski definition) is 2. The molecule has 7 heteroatoms. The molecule has 0 fully saturated rings. The quantitative estimate of drug-likeness (QED) is 0.658. The largest absolute Gasteiger partial charge is 0.458 e.